The number of hydrogen-bond acceptors (Lipinski definition) is 5. The largest absolute Gasteiger partial charge is 0.393 e. The fraction of sp³-hybridized carbons (Fsp3) is 0.217. The van der Waals surface area contributed by atoms with Crippen molar-refractivity contribution in [2.45, 2.75) is 23.8 Å². The number of rotatable bonds is 5. The molecule has 0 atom stereocenters. The van der Waals surface area contributed by atoms with Crippen LogP contribution in [-0.4, -0.2) is 47.9 Å². The van der Waals surface area contributed by atoms with E-state index in [0.717, 1.165) is 14.8 Å². The number of nitrogens with zero attached hydrogens (tertiary/aromatic N) is 2. The Bertz CT molecular complexity index is 1210. The zero-order valence-electron chi connectivity index (χ0n) is 17.1. The second kappa shape index (κ2) is 9.65. The number of aliphatic hydroxyl groups excluding tert-OH is 1. The van der Waals surface area contributed by atoms with E-state index in [1.165, 1.54) is 28.6 Å². The Morgan fingerprint density at radius 2 is 1.78 bits per heavy atom. The molecule has 1 fully saturated rings. The number of aromatic nitrogens is 1. The van der Waals surface area contributed by atoms with Gasteiger partial charge in [-0.3, -0.25) is 9.78 Å². The number of carbonyl (C=O) groups is 1. The van der Waals surface area contributed by atoms with E-state index >= 15 is 0 Å². The van der Waals surface area contributed by atoms with E-state index in [-0.39, 0.29) is 23.9 Å². The van der Waals surface area contributed by atoms with Crippen molar-refractivity contribution in [1.29, 1.82) is 0 Å². The van der Waals surface area contributed by atoms with Crippen LogP contribution in [0, 0.1) is 3.57 Å². The number of piperidine rings is 1. The topological polar surface area (TPSA) is 99.6 Å². The molecule has 9 heteroatoms. The molecule has 2 heterocycles. The fourth-order valence-electron chi connectivity index (χ4n) is 3.53. The molecule has 166 valence electrons. The molecular weight excluding hydrogens is 541 g/mol. The second-order valence-corrected chi connectivity index (χ2v) is 10.6. The highest BCUT2D eigenvalue weighted by Crippen LogP contribution is 2.27. The molecule has 2 N–H and O–H groups in total. The van der Waals surface area contributed by atoms with E-state index < -0.39 is 16.1 Å². The summed E-state index contributed by atoms with van der Waals surface area (Å²) in [5, 5.41) is 12.5. The van der Waals surface area contributed by atoms with Gasteiger partial charge in [-0.15, -0.1) is 0 Å². The van der Waals surface area contributed by atoms with Crippen LogP contribution in [0.25, 0.3) is 11.3 Å². The van der Waals surface area contributed by atoms with Crippen LogP contribution >= 0.6 is 22.6 Å². The number of aliphatic hydroxyl groups is 1. The summed E-state index contributed by atoms with van der Waals surface area (Å²) < 4.78 is 28.0. The highest BCUT2D eigenvalue weighted by molar-refractivity contribution is 14.1. The Hall–Kier alpha value is -2.34. The normalized spacial score (nSPS) is 15.4. The number of amides is 1. The molecular formula is C23H22IN3O4S. The summed E-state index contributed by atoms with van der Waals surface area (Å²) in [4.78, 5) is 17.2. The van der Waals surface area contributed by atoms with E-state index in [2.05, 4.69) is 32.9 Å². The summed E-state index contributed by atoms with van der Waals surface area (Å²) in [6.07, 6.45) is 2.12. The lowest BCUT2D eigenvalue weighted by atomic mass is 10.1. The van der Waals surface area contributed by atoms with E-state index in [9.17, 15) is 18.3 Å². The van der Waals surface area contributed by atoms with Crippen LogP contribution in [0.3, 0.4) is 0 Å². The molecule has 0 unspecified atom stereocenters. The van der Waals surface area contributed by atoms with Gasteiger partial charge in [0.25, 0.3) is 5.91 Å². The van der Waals surface area contributed by atoms with Crippen molar-refractivity contribution in [3.63, 3.8) is 0 Å². The van der Waals surface area contributed by atoms with Gasteiger partial charge in [-0.25, -0.2) is 8.42 Å². The smallest absolute Gasteiger partial charge is 0.255 e. The average Bonchev–Trinajstić information content (AvgIpc) is 2.81. The Morgan fingerprint density at radius 3 is 2.44 bits per heavy atom. The molecule has 1 amide bonds. The predicted octanol–water partition coefficient (Wildman–Crippen LogP) is 3.75. The molecule has 1 aromatic heterocycles. The summed E-state index contributed by atoms with van der Waals surface area (Å²) in [7, 11) is -3.65. The minimum Gasteiger partial charge on any atom is -0.393 e. The molecule has 32 heavy (non-hydrogen) atoms. The lowest BCUT2D eigenvalue weighted by Crippen LogP contribution is -2.39. The predicted molar refractivity (Wildman–Crippen MR) is 131 cm³/mol. The molecule has 2 aromatic carbocycles. The van der Waals surface area contributed by atoms with Gasteiger partial charge in [-0.1, -0.05) is 6.07 Å². The highest BCUT2D eigenvalue weighted by Gasteiger charge is 2.28. The van der Waals surface area contributed by atoms with Crippen molar-refractivity contribution >= 4 is 44.2 Å². The molecule has 1 aliphatic rings. The van der Waals surface area contributed by atoms with Crippen LogP contribution in [0.15, 0.2) is 71.8 Å². The number of sulfonamides is 1. The van der Waals surface area contributed by atoms with E-state index in [0.29, 0.717) is 24.1 Å². The first kappa shape index (κ1) is 22.8. The summed E-state index contributed by atoms with van der Waals surface area (Å²) in [5.74, 6) is -0.330. The zero-order chi connectivity index (χ0) is 22.7. The third kappa shape index (κ3) is 5.01. The minimum absolute atomic E-state index is 0.136. The SMILES string of the molecule is O=C(Nc1ccc(I)c(-c2ccccn2)c1)c1ccc(S(=O)(=O)N2CCC(O)CC2)cc1. The number of hydrogen-bond donors (Lipinski definition) is 2. The average molecular weight is 563 g/mol. The van der Waals surface area contributed by atoms with Gasteiger partial charge in [0, 0.05) is 39.7 Å². The maximum Gasteiger partial charge on any atom is 0.255 e. The highest BCUT2D eigenvalue weighted by atomic mass is 127. The van der Waals surface area contributed by atoms with Crippen molar-refractivity contribution in [3.05, 3.63) is 76.0 Å². The van der Waals surface area contributed by atoms with Crippen LogP contribution in [0.2, 0.25) is 0 Å². The number of benzene rings is 2. The summed E-state index contributed by atoms with van der Waals surface area (Å²) in [6.45, 7) is 0.578. The third-order valence-corrected chi connectivity index (χ3v) is 8.20. The monoisotopic (exact) mass is 563 g/mol. The molecule has 7 nitrogen and oxygen atoms in total. The van der Waals surface area contributed by atoms with Gasteiger partial charge in [-0.05, 0) is 90.0 Å². The molecule has 0 aliphatic carbocycles. The lowest BCUT2D eigenvalue weighted by Gasteiger charge is -2.28. The van der Waals surface area contributed by atoms with Gasteiger partial charge in [0.05, 0.1) is 16.7 Å². The van der Waals surface area contributed by atoms with Gasteiger partial charge in [0.15, 0.2) is 0 Å². The van der Waals surface area contributed by atoms with Crippen molar-refractivity contribution in [2.24, 2.45) is 0 Å². The van der Waals surface area contributed by atoms with Crippen molar-refractivity contribution < 1.29 is 18.3 Å². The summed E-state index contributed by atoms with van der Waals surface area (Å²) in [6, 6.07) is 17.2. The summed E-state index contributed by atoms with van der Waals surface area (Å²) >= 11 is 2.23. The van der Waals surface area contributed by atoms with E-state index in [4.69, 9.17) is 0 Å². The van der Waals surface area contributed by atoms with Gasteiger partial charge in [0.1, 0.15) is 0 Å². The first-order valence-corrected chi connectivity index (χ1v) is 12.7. The Balaban J connectivity index is 1.49. The first-order chi connectivity index (χ1) is 15.3. The first-order valence-electron chi connectivity index (χ1n) is 10.2. The van der Waals surface area contributed by atoms with Crippen LogP contribution in [0.1, 0.15) is 23.2 Å². The van der Waals surface area contributed by atoms with E-state index in [1.54, 1.807) is 6.20 Å². The maximum absolute atomic E-state index is 12.8. The fourth-order valence-corrected chi connectivity index (χ4v) is 5.62. The number of halogens is 1. The maximum atomic E-state index is 12.8. The molecule has 4 rings (SSSR count). The lowest BCUT2D eigenvalue weighted by molar-refractivity contribution is 0.102. The molecule has 3 aromatic rings. The molecule has 0 saturated carbocycles. The van der Waals surface area contributed by atoms with Crippen molar-refractivity contribution in [3.8, 4) is 11.3 Å². The van der Waals surface area contributed by atoms with Crippen LogP contribution in [0.5, 0.6) is 0 Å². The van der Waals surface area contributed by atoms with Crippen molar-refractivity contribution in [2.75, 3.05) is 18.4 Å². The van der Waals surface area contributed by atoms with Crippen LogP contribution in [0.4, 0.5) is 5.69 Å². The zero-order valence-corrected chi connectivity index (χ0v) is 20.1. The van der Waals surface area contributed by atoms with Crippen molar-refractivity contribution in [1.82, 2.24) is 9.29 Å². The van der Waals surface area contributed by atoms with Gasteiger partial charge < -0.3 is 10.4 Å². The molecule has 0 spiro atoms. The van der Waals surface area contributed by atoms with E-state index in [1.807, 2.05) is 36.4 Å². The summed E-state index contributed by atoms with van der Waals surface area (Å²) in [5.41, 5.74) is 2.71. The van der Waals surface area contributed by atoms with Crippen LogP contribution < -0.4 is 5.32 Å². The third-order valence-electron chi connectivity index (χ3n) is 5.34. The molecule has 0 radical (unpaired) electrons. The van der Waals surface area contributed by atoms with Crippen LogP contribution in [-0.2, 0) is 10.0 Å². The van der Waals surface area contributed by atoms with Gasteiger partial charge in [0.2, 0.25) is 10.0 Å². The molecule has 1 aliphatic heterocycles. The Labute approximate surface area is 200 Å². The minimum atomic E-state index is -3.65. The number of anilines is 1. The quantitative estimate of drug-likeness (QED) is 0.461. The number of pyridine rings is 1. The molecule has 0 bridgehead atoms. The van der Waals surface area contributed by atoms with Gasteiger partial charge >= 0.3 is 0 Å². The number of nitrogens with one attached hydrogen (secondary N) is 1. The second-order valence-electron chi connectivity index (χ2n) is 7.52. The van der Waals surface area contributed by atoms with Gasteiger partial charge in [-0.2, -0.15) is 4.31 Å². The standard InChI is InChI=1S/C23H22IN3O4S/c24-21-9-6-17(15-20(21)22-3-1-2-12-25-22)26-23(29)16-4-7-19(8-5-16)32(30,31)27-13-10-18(28)11-14-27/h1-9,12,15,18,28H,10-11,13-14H2,(H,26,29). The number of carbonyl (C=O) groups excluding carboxylic acids is 1. The Morgan fingerprint density at radius 1 is 1.06 bits per heavy atom. The molecule has 1 saturated heterocycles. The Kier molecular flexibility index (Phi) is 6.89.